The Bertz CT molecular complexity index is 552. The Morgan fingerprint density at radius 3 is 2.77 bits per heavy atom. The minimum atomic E-state index is 0.0467. The first-order valence-electron chi connectivity index (χ1n) is 7.57. The number of piperidine rings is 1. The van der Waals surface area contributed by atoms with Gasteiger partial charge in [-0.1, -0.05) is 23.2 Å². The topological polar surface area (TPSA) is 36.4 Å². The summed E-state index contributed by atoms with van der Waals surface area (Å²) in [6, 6.07) is 1.71. The summed E-state index contributed by atoms with van der Waals surface area (Å²) < 4.78 is 0. The van der Waals surface area contributed by atoms with Crippen LogP contribution in [0.1, 0.15) is 12.8 Å². The average molecular weight is 360 g/mol. The zero-order valence-corrected chi connectivity index (χ0v) is 14.6. The molecule has 0 saturated carbocycles. The number of nitrogens with zero attached hydrogens (tertiary/aromatic N) is 3. The zero-order chi connectivity index (χ0) is 15.5. The van der Waals surface area contributed by atoms with Crippen LogP contribution < -0.4 is 4.90 Å². The summed E-state index contributed by atoms with van der Waals surface area (Å²) in [7, 11) is 0. The summed E-state index contributed by atoms with van der Waals surface area (Å²) in [6.07, 6.45) is 3.54. The van der Waals surface area contributed by atoms with Gasteiger partial charge in [0.1, 0.15) is 5.82 Å². The summed E-state index contributed by atoms with van der Waals surface area (Å²) >= 11 is 14.1. The SMILES string of the molecule is O=C(C1CCCN(c2ncc(Cl)cc2Cl)C1)N1CCSCC1. The Morgan fingerprint density at radius 1 is 1.27 bits per heavy atom. The van der Waals surface area contributed by atoms with Crippen molar-refractivity contribution in [3.63, 3.8) is 0 Å². The van der Waals surface area contributed by atoms with Crippen LogP contribution in [0.5, 0.6) is 0 Å². The van der Waals surface area contributed by atoms with Crippen LogP contribution in [-0.4, -0.2) is 53.5 Å². The fourth-order valence-corrected chi connectivity index (χ4v) is 4.46. The molecule has 120 valence electrons. The Balaban J connectivity index is 1.69. The van der Waals surface area contributed by atoms with Crippen molar-refractivity contribution < 1.29 is 4.79 Å². The first kappa shape index (κ1) is 16.2. The molecule has 7 heteroatoms. The smallest absolute Gasteiger partial charge is 0.227 e. The summed E-state index contributed by atoms with van der Waals surface area (Å²) in [5.41, 5.74) is 0. The second-order valence-corrected chi connectivity index (χ2v) is 7.75. The molecule has 0 bridgehead atoms. The van der Waals surface area contributed by atoms with E-state index in [9.17, 15) is 4.79 Å². The molecule has 2 saturated heterocycles. The van der Waals surface area contributed by atoms with Crippen LogP contribution in [0.25, 0.3) is 0 Å². The van der Waals surface area contributed by atoms with Gasteiger partial charge in [-0.15, -0.1) is 0 Å². The number of hydrogen-bond acceptors (Lipinski definition) is 4. The van der Waals surface area contributed by atoms with E-state index in [0.717, 1.165) is 49.8 Å². The number of rotatable bonds is 2. The monoisotopic (exact) mass is 359 g/mol. The maximum atomic E-state index is 12.7. The van der Waals surface area contributed by atoms with Gasteiger partial charge in [-0.05, 0) is 18.9 Å². The summed E-state index contributed by atoms with van der Waals surface area (Å²) in [4.78, 5) is 21.2. The van der Waals surface area contributed by atoms with E-state index in [1.165, 1.54) is 0 Å². The lowest BCUT2D eigenvalue weighted by molar-refractivity contribution is -0.135. The van der Waals surface area contributed by atoms with E-state index in [1.807, 2.05) is 16.7 Å². The van der Waals surface area contributed by atoms with Crippen molar-refractivity contribution in [2.75, 3.05) is 42.6 Å². The van der Waals surface area contributed by atoms with Gasteiger partial charge in [0, 0.05) is 43.9 Å². The van der Waals surface area contributed by atoms with Crippen LogP contribution in [0.2, 0.25) is 10.0 Å². The molecular weight excluding hydrogens is 341 g/mol. The van der Waals surface area contributed by atoms with Gasteiger partial charge in [0.2, 0.25) is 5.91 Å². The van der Waals surface area contributed by atoms with E-state index in [4.69, 9.17) is 23.2 Å². The largest absolute Gasteiger partial charge is 0.355 e. The van der Waals surface area contributed by atoms with Crippen LogP contribution in [0.3, 0.4) is 0 Å². The molecule has 2 aliphatic heterocycles. The van der Waals surface area contributed by atoms with Crippen LogP contribution in [0, 0.1) is 5.92 Å². The number of anilines is 1. The predicted molar refractivity (Wildman–Crippen MR) is 93.1 cm³/mol. The number of carbonyl (C=O) groups is 1. The lowest BCUT2D eigenvalue weighted by atomic mass is 9.96. The molecule has 0 aliphatic carbocycles. The van der Waals surface area contributed by atoms with E-state index < -0.39 is 0 Å². The second-order valence-electron chi connectivity index (χ2n) is 5.68. The van der Waals surface area contributed by atoms with Crippen LogP contribution in [0.4, 0.5) is 5.82 Å². The number of amides is 1. The molecule has 1 aromatic rings. The van der Waals surface area contributed by atoms with Crippen molar-refractivity contribution in [1.29, 1.82) is 0 Å². The zero-order valence-electron chi connectivity index (χ0n) is 12.3. The normalized spacial score (nSPS) is 22.7. The lowest BCUT2D eigenvalue weighted by Crippen LogP contribution is -2.47. The van der Waals surface area contributed by atoms with Crippen molar-refractivity contribution in [1.82, 2.24) is 9.88 Å². The van der Waals surface area contributed by atoms with E-state index >= 15 is 0 Å². The number of pyridine rings is 1. The van der Waals surface area contributed by atoms with Crippen LogP contribution >= 0.6 is 35.0 Å². The van der Waals surface area contributed by atoms with Gasteiger partial charge >= 0.3 is 0 Å². The van der Waals surface area contributed by atoms with E-state index in [1.54, 1.807) is 12.3 Å². The number of aromatic nitrogens is 1. The second kappa shape index (κ2) is 7.28. The number of halogens is 2. The van der Waals surface area contributed by atoms with Gasteiger partial charge in [0.25, 0.3) is 0 Å². The van der Waals surface area contributed by atoms with Gasteiger partial charge in [-0.25, -0.2) is 4.98 Å². The third-order valence-electron chi connectivity index (χ3n) is 4.18. The van der Waals surface area contributed by atoms with Gasteiger partial charge < -0.3 is 9.80 Å². The molecule has 3 rings (SSSR count). The molecule has 0 spiro atoms. The standard InChI is InChI=1S/C15H19Cl2N3OS/c16-12-8-13(17)14(18-9-12)20-3-1-2-11(10-20)15(21)19-4-6-22-7-5-19/h8-9,11H,1-7,10H2. The Kier molecular flexibility index (Phi) is 5.37. The van der Waals surface area contributed by atoms with E-state index in [-0.39, 0.29) is 11.8 Å². The average Bonchev–Trinajstić information content (AvgIpc) is 2.55. The Morgan fingerprint density at radius 2 is 2.05 bits per heavy atom. The number of carbonyl (C=O) groups excluding carboxylic acids is 1. The van der Waals surface area contributed by atoms with Crippen LogP contribution in [0.15, 0.2) is 12.3 Å². The molecule has 3 heterocycles. The van der Waals surface area contributed by atoms with E-state index in [2.05, 4.69) is 9.88 Å². The summed E-state index contributed by atoms with van der Waals surface area (Å²) in [5, 5.41) is 1.08. The molecule has 4 nitrogen and oxygen atoms in total. The third kappa shape index (κ3) is 3.63. The molecule has 2 fully saturated rings. The molecule has 1 unspecified atom stereocenters. The fourth-order valence-electron chi connectivity index (χ4n) is 3.05. The fraction of sp³-hybridized carbons (Fsp3) is 0.600. The molecular formula is C15H19Cl2N3OS. The minimum absolute atomic E-state index is 0.0467. The Labute approximate surface area is 145 Å². The predicted octanol–water partition coefficient (Wildman–Crippen LogP) is 3.18. The molecule has 2 aliphatic rings. The van der Waals surface area contributed by atoms with Crippen molar-refractivity contribution >= 4 is 46.7 Å². The number of hydrogen-bond donors (Lipinski definition) is 0. The molecule has 1 atom stereocenters. The first-order valence-corrected chi connectivity index (χ1v) is 9.49. The van der Waals surface area contributed by atoms with Gasteiger partial charge in [0.05, 0.1) is 16.0 Å². The molecule has 22 heavy (non-hydrogen) atoms. The maximum absolute atomic E-state index is 12.7. The van der Waals surface area contributed by atoms with Crippen molar-refractivity contribution in [2.45, 2.75) is 12.8 Å². The van der Waals surface area contributed by atoms with E-state index in [0.29, 0.717) is 16.6 Å². The first-order chi connectivity index (χ1) is 10.6. The number of thioether (sulfide) groups is 1. The molecule has 0 radical (unpaired) electrons. The van der Waals surface area contributed by atoms with Gasteiger partial charge in [-0.3, -0.25) is 4.79 Å². The summed E-state index contributed by atoms with van der Waals surface area (Å²) in [5.74, 6) is 3.16. The Hall–Kier alpha value is -0.650. The maximum Gasteiger partial charge on any atom is 0.227 e. The minimum Gasteiger partial charge on any atom is -0.355 e. The molecule has 0 aromatic carbocycles. The molecule has 1 aromatic heterocycles. The van der Waals surface area contributed by atoms with Gasteiger partial charge in [0.15, 0.2) is 0 Å². The third-order valence-corrected chi connectivity index (χ3v) is 5.61. The highest BCUT2D eigenvalue weighted by molar-refractivity contribution is 7.99. The van der Waals surface area contributed by atoms with Gasteiger partial charge in [-0.2, -0.15) is 11.8 Å². The van der Waals surface area contributed by atoms with Crippen molar-refractivity contribution in [3.8, 4) is 0 Å². The highest BCUT2D eigenvalue weighted by atomic mass is 35.5. The lowest BCUT2D eigenvalue weighted by Gasteiger charge is -2.36. The van der Waals surface area contributed by atoms with Crippen LogP contribution in [-0.2, 0) is 4.79 Å². The highest BCUT2D eigenvalue weighted by Gasteiger charge is 2.31. The molecule has 1 amide bonds. The quantitative estimate of drug-likeness (QED) is 0.812. The molecule has 0 N–H and O–H groups in total. The van der Waals surface area contributed by atoms with Crippen molar-refractivity contribution in [3.05, 3.63) is 22.3 Å². The van der Waals surface area contributed by atoms with Crippen molar-refractivity contribution in [2.24, 2.45) is 5.92 Å². The summed E-state index contributed by atoms with van der Waals surface area (Å²) in [6.45, 7) is 3.32. The highest BCUT2D eigenvalue weighted by Crippen LogP contribution is 2.30.